The van der Waals surface area contributed by atoms with Crippen LogP contribution in [0.3, 0.4) is 0 Å². The van der Waals surface area contributed by atoms with Gasteiger partial charge in [0.25, 0.3) is 0 Å². The maximum Gasteiger partial charge on any atom is 0.246 e. The summed E-state index contributed by atoms with van der Waals surface area (Å²) in [4.78, 5) is 25.3. The van der Waals surface area contributed by atoms with E-state index in [0.29, 0.717) is 23.9 Å². The second-order valence-electron chi connectivity index (χ2n) is 7.87. The highest BCUT2D eigenvalue weighted by Crippen LogP contribution is 2.28. The smallest absolute Gasteiger partial charge is 0.246 e. The number of carbonyl (C=O) groups excluding carboxylic acids is 2. The molecular weight excluding hydrogens is 328 g/mol. The molecule has 5 heteroatoms. The van der Waals surface area contributed by atoms with Crippen molar-refractivity contribution in [3.63, 3.8) is 0 Å². The highest BCUT2D eigenvalue weighted by Gasteiger charge is 2.28. The molecule has 0 aromatic heterocycles. The Morgan fingerprint density at radius 2 is 1.73 bits per heavy atom. The van der Waals surface area contributed by atoms with Crippen molar-refractivity contribution in [1.82, 2.24) is 5.32 Å². The molecule has 2 rings (SSSR count). The van der Waals surface area contributed by atoms with E-state index < -0.39 is 6.04 Å². The van der Waals surface area contributed by atoms with Gasteiger partial charge in [-0.1, -0.05) is 20.8 Å². The fourth-order valence-corrected chi connectivity index (χ4v) is 3.42. The van der Waals surface area contributed by atoms with E-state index in [2.05, 4.69) is 31.4 Å². The van der Waals surface area contributed by atoms with Crippen LogP contribution in [0.5, 0.6) is 5.75 Å². The third-order valence-corrected chi connectivity index (χ3v) is 5.08. The Hall–Kier alpha value is -2.04. The number of nitrogens with one attached hydrogen (secondary N) is 2. The monoisotopic (exact) mass is 360 g/mol. The number of ether oxygens (including phenoxy) is 1. The number of carbonyl (C=O) groups is 2. The first-order valence-electron chi connectivity index (χ1n) is 9.64. The van der Waals surface area contributed by atoms with Gasteiger partial charge >= 0.3 is 0 Å². The highest BCUT2D eigenvalue weighted by atomic mass is 16.5. The number of rotatable bonds is 7. The molecule has 144 valence electrons. The van der Waals surface area contributed by atoms with Gasteiger partial charge < -0.3 is 15.4 Å². The van der Waals surface area contributed by atoms with Gasteiger partial charge in [0, 0.05) is 11.6 Å². The lowest BCUT2D eigenvalue weighted by Gasteiger charge is -2.28. The van der Waals surface area contributed by atoms with E-state index in [9.17, 15) is 9.59 Å². The summed E-state index contributed by atoms with van der Waals surface area (Å²) < 4.78 is 5.13. The Bertz CT molecular complexity index is 590. The van der Waals surface area contributed by atoms with Crippen molar-refractivity contribution >= 4 is 17.5 Å². The minimum Gasteiger partial charge on any atom is -0.497 e. The molecule has 1 saturated carbocycles. The molecule has 1 atom stereocenters. The van der Waals surface area contributed by atoms with Crippen LogP contribution >= 0.6 is 0 Å². The summed E-state index contributed by atoms with van der Waals surface area (Å²) in [7, 11) is 1.60. The first kappa shape index (κ1) is 20.3. The van der Waals surface area contributed by atoms with Gasteiger partial charge in [-0.2, -0.15) is 0 Å². The Kier molecular flexibility index (Phi) is 7.49. The van der Waals surface area contributed by atoms with E-state index in [1.165, 1.54) is 0 Å². The molecule has 1 aromatic carbocycles. The number of amides is 2. The van der Waals surface area contributed by atoms with E-state index in [4.69, 9.17) is 4.74 Å². The molecule has 1 aliphatic rings. The third kappa shape index (κ3) is 6.04. The molecule has 1 aliphatic carbocycles. The van der Waals surface area contributed by atoms with Crippen LogP contribution in [0.2, 0.25) is 0 Å². The highest BCUT2D eigenvalue weighted by molar-refractivity contribution is 5.97. The normalized spacial score (nSPS) is 21.1. The summed E-state index contributed by atoms with van der Waals surface area (Å²) in [5.41, 5.74) is 0.699. The average molecular weight is 360 g/mol. The Balaban J connectivity index is 1.98. The van der Waals surface area contributed by atoms with Crippen LogP contribution < -0.4 is 15.4 Å². The van der Waals surface area contributed by atoms with Gasteiger partial charge in [-0.15, -0.1) is 0 Å². The van der Waals surface area contributed by atoms with Crippen molar-refractivity contribution in [3.8, 4) is 5.75 Å². The molecule has 0 spiro atoms. The quantitative estimate of drug-likeness (QED) is 0.772. The van der Waals surface area contributed by atoms with Crippen molar-refractivity contribution in [2.45, 2.75) is 58.9 Å². The zero-order valence-corrected chi connectivity index (χ0v) is 16.4. The SMILES string of the molecule is COc1ccc(NC(=O)C(CC(C)C)NC(=O)C2CCC(C)CC2)cc1. The predicted molar refractivity (Wildman–Crippen MR) is 104 cm³/mol. The second-order valence-corrected chi connectivity index (χ2v) is 7.87. The van der Waals surface area contributed by atoms with Crippen LogP contribution in [0.1, 0.15) is 52.9 Å². The van der Waals surface area contributed by atoms with Crippen LogP contribution in [0, 0.1) is 17.8 Å². The van der Waals surface area contributed by atoms with Gasteiger partial charge in [0.15, 0.2) is 0 Å². The summed E-state index contributed by atoms with van der Waals surface area (Å²) in [6.45, 7) is 6.35. The van der Waals surface area contributed by atoms with Crippen LogP contribution in [-0.4, -0.2) is 25.0 Å². The topological polar surface area (TPSA) is 67.4 Å². The number of hydrogen-bond acceptors (Lipinski definition) is 3. The van der Waals surface area contributed by atoms with Gasteiger partial charge in [-0.25, -0.2) is 0 Å². The Morgan fingerprint density at radius 1 is 1.12 bits per heavy atom. The van der Waals surface area contributed by atoms with Crippen molar-refractivity contribution in [3.05, 3.63) is 24.3 Å². The lowest BCUT2D eigenvalue weighted by atomic mass is 9.82. The molecule has 2 amide bonds. The largest absolute Gasteiger partial charge is 0.497 e. The first-order valence-corrected chi connectivity index (χ1v) is 9.64. The predicted octanol–water partition coefficient (Wildman–Crippen LogP) is 3.99. The van der Waals surface area contributed by atoms with E-state index in [-0.39, 0.29) is 17.7 Å². The molecule has 0 saturated heterocycles. The van der Waals surface area contributed by atoms with Crippen molar-refractivity contribution in [2.24, 2.45) is 17.8 Å². The molecule has 0 bridgehead atoms. The summed E-state index contributed by atoms with van der Waals surface area (Å²) in [5.74, 6) is 1.64. The fourth-order valence-electron chi connectivity index (χ4n) is 3.42. The second kappa shape index (κ2) is 9.60. The molecule has 2 N–H and O–H groups in total. The van der Waals surface area contributed by atoms with E-state index in [1.807, 2.05) is 0 Å². The van der Waals surface area contributed by atoms with Gasteiger partial charge in [-0.3, -0.25) is 9.59 Å². The first-order chi connectivity index (χ1) is 12.4. The molecule has 1 aromatic rings. The van der Waals surface area contributed by atoms with Crippen LogP contribution in [0.4, 0.5) is 5.69 Å². The minimum atomic E-state index is -0.510. The third-order valence-electron chi connectivity index (χ3n) is 5.08. The summed E-state index contributed by atoms with van der Waals surface area (Å²) in [6, 6.07) is 6.69. The standard InChI is InChI=1S/C21H32N2O3/c1-14(2)13-19(23-20(24)16-7-5-15(3)6-8-16)21(25)22-17-9-11-18(26-4)12-10-17/h9-12,14-16,19H,5-8,13H2,1-4H3,(H,22,25)(H,23,24). The van der Waals surface area contributed by atoms with E-state index in [0.717, 1.165) is 31.4 Å². The minimum absolute atomic E-state index is 0.0208. The zero-order chi connectivity index (χ0) is 19.1. The molecule has 0 radical (unpaired) electrons. The number of anilines is 1. The lowest BCUT2D eigenvalue weighted by molar-refractivity contribution is -0.130. The van der Waals surface area contributed by atoms with Crippen molar-refractivity contribution < 1.29 is 14.3 Å². The molecule has 0 heterocycles. The average Bonchev–Trinajstić information content (AvgIpc) is 2.62. The molecule has 1 fully saturated rings. The number of methoxy groups -OCH3 is 1. The molecule has 1 unspecified atom stereocenters. The lowest BCUT2D eigenvalue weighted by Crippen LogP contribution is -2.47. The van der Waals surface area contributed by atoms with Crippen LogP contribution in [-0.2, 0) is 9.59 Å². The number of hydrogen-bond donors (Lipinski definition) is 2. The summed E-state index contributed by atoms with van der Waals surface area (Å²) in [6.07, 6.45) is 4.63. The number of benzene rings is 1. The molecular formula is C21H32N2O3. The van der Waals surface area contributed by atoms with Crippen molar-refractivity contribution in [1.29, 1.82) is 0 Å². The fraction of sp³-hybridized carbons (Fsp3) is 0.619. The maximum absolute atomic E-state index is 12.7. The molecule has 26 heavy (non-hydrogen) atoms. The maximum atomic E-state index is 12.7. The Labute approximate surface area is 156 Å². The summed E-state index contributed by atoms with van der Waals surface area (Å²) in [5, 5.41) is 5.90. The van der Waals surface area contributed by atoms with Crippen LogP contribution in [0.15, 0.2) is 24.3 Å². The summed E-state index contributed by atoms with van der Waals surface area (Å²) >= 11 is 0. The Morgan fingerprint density at radius 3 is 2.27 bits per heavy atom. The van der Waals surface area contributed by atoms with Crippen molar-refractivity contribution in [2.75, 3.05) is 12.4 Å². The van der Waals surface area contributed by atoms with Gasteiger partial charge in [0.05, 0.1) is 7.11 Å². The van der Waals surface area contributed by atoms with E-state index in [1.54, 1.807) is 31.4 Å². The van der Waals surface area contributed by atoms with Gasteiger partial charge in [-0.05, 0) is 68.2 Å². The van der Waals surface area contributed by atoms with Crippen LogP contribution in [0.25, 0.3) is 0 Å². The van der Waals surface area contributed by atoms with E-state index >= 15 is 0 Å². The molecule has 0 aliphatic heterocycles. The molecule has 5 nitrogen and oxygen atoms in total. The zero-order valence-electron chi connectivity index (χ0n) is 16.4. The van der Waals surface area contributed by atoms with Gasteiger partial charge in [0.1, 0.15) is 11.8 Å². The van der Waals surface area contributed by atoms with Gasteiger partial charge in [0.2, 0.25) is 11.8 Å².